The van der Waals surface area contributed by atoms with E-state index in [1.807, 2.05) is 18.9 Å². The van der Waals surface area contributed by atoms with Crippen molar-refractivity contribution in [1.82, 2.24) is 9.80 Å². The number of hydrogen-bond acceptors (Lipinski definition) is 2. The maximum Gasteiger partial charge on any atom is 0.319 e. The molecule has 0 radical (unpaired) electrons. The van der Waals surface area contributed by atoms with Gasteiger partial charge in [-0.25, -0.2) is 4.79 Å². The average Bonchev–Trinajstić information content (AvgIpc) is 2.51. The van der Waals surface area contributed by atoms with Gasteiger partial charge in [0.2, 0.25) is 0 Å². The van der Waals surface area contributed by atoms with E-state index in [0.29, 0.717) is 13.0 Å². The monoisotopic (exact) mass is 240 g/mol. The Bertz CT molecular complexity index is 279. The Morgan fingerprint density at radius 3 is 2.59 bits per heavy atom. The van der Waals surface area contributed by atoms with Gasteiger partial charge in [-0.15, -0.1) is 0 Å². The van der Waals surface area contributed by atoms with Gasteiger partial charge in [0, 0.05) is 32.6 Å². The quantitative estimate of drug-likeness (QED) is 0.759. The number of carbonyl (C=O) groups excluding carboxylic acids is 2. The SMILES string of the molecule is CCN(C)C(=O)N1CCCCCC1CC(C)=O. The fourth-order valence-corrected chi connectivity index (χ4v) is 2.33. The molecular formula is C13H24N2O2. The summed E-state index contributed by atoms with van der Waals surface area (Å²) in [5.41, 5.74) is 0. The zero-order valence-corrected chi connectivity index (χ0v) is 11.2. The van der Waals surface area contributed by atoms with Crippen LogP contribution >= 0.6 is 0 Å². The average molecular weight is 240 g/mol. The van der Waals surface area contributed by atoms with Gasteiger partial charge in [0.1, 0.15) is 5.78 Å². The Labute approximate surface area is 104 Å². The van der Waals surface area contributed by atoms with Crippen LogP contribution in [0.4, 0.5) is 4.79 Å². The fourth-order valence-electron chi connectivity index (χ4n) is 2.33. The van der Waals surface area contributed by atoms with E-state index >= 15 is 0 Å². The molecule has 4 nitrogen and oxygen atoms in total. The zero-order valence-electron chi connectivity index (χ0n) is 11.2. The number of hydrogen-bond donors (Lipinski definition) is 0. The van der Waals surface area contributed by atoms with Gasteiger partial charge in [-0.05, 0) is 26.7 Å². The third kappa shape index (κ3) is 4.02. The molecule has 0 saturated carbocycles. The second kappa shape index (κ2) is 6.62. The number of carbonyl (C=O) groups is 2. The van der Waals surface area contributed by atoms with E-state index in [-0.39, 0.29) is 17.9 Å². The van der Waals surface area contributed by atoms with E-state index in [1.54, 1.807) is 11.8 Å². The molecule has 2 amide bonds. The Morgan fingerprint density at radius 2 is 2.00 bits per heavy atom. The third-order valence-corrected chi connectivity index (χ3v) is 3.45. The normalized spacial score (nSPS) is 20.9. The largest absolute Gasteiger partial charge is 0.328 e. The van der Waals surface area contributed by atoms with Gasteiger partial charge < -0.3 is 9.80 Å². The van der Waals surface area contributed by atoms with Gasteiger partial charge in [-0.1, -0.05) is 12.8 Å². The van der Waals surface area contributed by atoms with Gasteiger partial charge in [0.05, 0.1) is 0 Å². The molecule has 1 atom stereocenters. The molecule has 17 heavy (non-hydrogen) atoms. The second-order valence-electron chi connectivity index (χ2n) is 4.90. The molecular weight excluding hydrogens is 216 g/mol. The third-order valence-electron chi connectivity index (χ3n) is 3.45. The zero-order chi connectivity index (χ0) is 12.8. The van der Waals surface area contributed by atoms with E-state index in [4.69, 9.17) is 0 Å². The summed E-state index contributed by atoms with van der Waals surface area (Å²) in [5, 5.41) is 0. The molecule has 0 aromatic rings. The van der Waals surface area contributed by atoms with Crippen molar-refractivity contribution in [3.63, 3.8) is 0 Å². The van der Waals surface area contributed by atoms with Gasteiger partial charge in [-0.3, -0.25) is 4.79 Å². The molecule has 0 N–H and O–H groups in total. The predicted octanol–water partition coefficient (Wildman–Crippen LogP) is 2.28. The molecule has 0 bridgehead atoms. The molecule has 1 fully saturated rings. The summed E-state index contributed by atoms with van der Waals surface area (Å²) in [6.45, 7) is 5.08. The highest BCUT2D eigenvalue weighted by Gasteiger charge is 2.27. The topological polar surface area (TPSA) is 40.6 Å². The highest BCUT2D eigenvalue weighted by Crippen LogP contribution is 2.20. The van der Waals surface area contributed by atoms with Crippen LogP contribution in [0, 0.1) is 0 Å². The second-order valence-corrected chi connectivity index (χ2v) is 4.90. The lowest BCUT2D eigenvalue weighted by atomic mass is 10.0. The predicted molar refractivity (Wildman–Crippen MR) is 68.0 cm³/mol. The lowest BCUT2D eigenvalue weighted by Crippen LogP contribution is -2.47. The van der Waals surface area contributed by atoms with Crippen LogP contribution in [0.3, 0.4) is 0 Å². The summed E-state index contributed by atoms with van der Waals surface area (Å²) in [5.74, 6) is 0.175. The maximum absolute atomic E-state index is 12.2. The van der Waals surface area contributed by atoms with Gasteiger partial charge in [0.25, 0.3) is 0 Å². The molecule has 0 spiro atoms. The summed E-state index contributed by atoms with van der Waals surface area (Å²) >= 11 is 0. The smallest absolute Gasteiger partial charge is 0.319 e. The molecule has 4 heteroatoms. The highest BCUT2D eigenvalue weighted by atomic mass is 16.2. The molecule has 1 aliphatic heterocycles. The standard InChI is InChI=1S/C13H24N2O2/c1-4-14(3)13(17)15-9-7-5-6-8-12(15)10-11(2)16/h12H,4-10H2,1-3H3. The van der Waals surface area contributed by atoms with Crippen LogP contribution in [0.25, 0.3) is 0 Å². The van der Waals surface area contributed by atoms with Crippen LogP contribution in [0.2, 0.25) is 0 Å². The van der Waals surface area contributed by atoms with Crippen LogP contribution in [-0.2, 0) is 4.79 Å². The van der Waals surface area contributed by atoms with Crippen molar-refractivity contribution in [3.05, 3.63) is 0 Å². The molecule has 0 aliphatic carbocycles. The molecule has 1 rings (SSSR count). The number of Topliss-reactive ketones (excluding diaryl/α,β-unsaturated/α-hetero) is 1. The lowest BCUT2D eigenvalue weighted by Gasteiger charge is -2.32. The van der Waals surface area contributed by atoms with Crippen LogP contribution < -0.4 is 0 Å². The van der Waals surface area contributed by atoms with Crippen molar-refractivity contribution in [2.75, 3.05) is 20.1 Å². The Kier molecular flexibility index (Phi) is 5.45. The van der Waals surface area contributed by atoms with Crippen LogP contribution in [0.5, 0.6) is 0 Å². The Hall–Kier alpha value is -1.06. The minimum atomic E-state index is 0.0700. The van der Waals surface area contributed by atoms with Crippen molar-refractivity contribution in [1.29, 1.82) is 0 Å². The summed E-state index contributed by atoms with van der Waals surface area (Å²) in [6.07, 6.45) is 4.80. The van der Waals surface area contributed by atoms with Crippen molar-refractivity contribution in [2.45, 2.75) is 52.0 Å². The highest BCUT2D eigenvalue weighted by molar-refractivity contribution is 5.78. The van der Waals surface area contributed by atoms with Gasteiger partial charge >= 0.3 is 6.03 Å². The number of amides is 2. The van der Waals surface area contributed by atoms with Gasteiger partial charge in [-0.2, -0.15) is 0 Å². The minimum Gasteiger partial charge on any atom is -0.328 e. The van der Waals surface area contributed by atoms with Crippen molar-refractivity contribution in [3.8, 4) is 0 Å². The van der Waals surface area contributed by atoms with E-state index in [0.717, 1.165) is 32.2 Å². The van der Waals surface area contributed by atoms with Crippen LogP contribution in [-0.4, -0.2) is 47.8 Å². The molecule has 0 aromatic carbocycles. The first-order valence-corrected chi connectivity index (χ1v) is 6.57. The van der Waals surface area contributed by atoms with Gasteiger partial charge in [0.15, 0.2) is 0 Å². The number of urea groups is 1. The maximum atomic E-state index is 12.2. The molecule has 1 saturated heterocycles. The lowest BCUT2D eigenvalue weighted by molar-refractivity contribution is -0.118. The molecule has 1 heterocycles. The van der Waals surface area contributed by atoms with E-state index in [2.05, 4.69) is 0 Å². The summed E-state index contributed by atoms with van der Waals surface area (Å²) in [6, 6.07) is 0.178. The van der Waals surface area contributed by atoms with E-state index in [9.17, 15) is 9.59 Å². The number of nitrogens with zero attached hydrogens (tertiary/aromatic N) is 2. The fraction of sp³-hybridized carbons (Fsp3) is 0.846. The first-order valence-electron chi connectivity index (χ1n) is 6.57. The number of rotatable bonds is 3. The summed E-state index contributed by atoms with van der Waals surface area (Å²) in [4.78, 5) is 27.1. The van der Waals surface area contributed by atoms with E-state index in [1.165, 1.54) is 0 Å². The summed E-state index contributed by atoms with van der Waals surface area (Å²) in [7, 11) is 1.82. The Morgan fingerprint density at radius 1 is 1.29 bits per heavy atom. The number of likely N-dealkylation sites (tertiary alicyclic amines) is 1. The Balaban J connectivity index is 2.73. The number of ketones is 1. The first kappa shape index (κ1) is 14.0. The van der Waals surface area contributed by atoms with Crippen LogP contribution in [0.1, 0.15) is 46.0 Å². The summed E-state index contributed by atoms with van der Waals surface area (Å²) < 4.78 is 0. The first-order chi connectivity index (χ1) is 8.06. The van der Waals surface area contributed by atoms with Crippen molar-refractivity contribution < 1.29 is 9.59 Å². The molecule has 98 valence electrons. The van der Waals surface area contributed by atoms with E-state index < -0.39 is 0 Å². The minimum absolute atomic E-state index is 0.0700. The van der Waals surface area contributed by atoms with Crippen molar-refractivity contribution in [2.24, 2.45) is 0 Å². The van der Waals surface area contributed by atoms with Crippen LogP contribution in [0.15, 0.2) is 0 Å². The molecule has 1 aliphatic rings. The van der Waals surface area contributed by atoms with Crippen molar-refractivity contribution >= 4 is 11.8 Å². The molecule has 0 aromatic heterocycles. The molecule has 1 unspecified atom stereocenters.